The number of methoxy groups -OCH3 is 2. The third kappa shape index (κ3) is 4.71. The second-order valence-corrected chi connectivity index (χ2v) is 7.35. The summed E-state index contributed by atoms with van der Waals surface area (Å²) in [7, 11) is 5.21. The molecular weight excluding hydrogens is 366 g/mol. The van der Waals surface area contributed by atoms with Gasteiger partial charge in [0.25, 0.3) is 0 Å². The van der Waals surface area contributed by atoms with Crippen LogP contribution in [0, 0.1) is 0 Å². The summed E-state index contributed by atoms with van der Waals surface area (Å²) < 4.78 is 11.0. The first-order chi connectivity index (χ1) is 14.1. The molecule has 0 aliphatic carbocycles. The minimum atomic E-state index is -0.0775. The highest BCUT2D eigenvalue weighted by Gasteiger charge is 2.29. The molecule has 29 heavy (non-hydrogen) atoms. The van der Waals surface area contributed by atoms with E-state index in [1.807, 2.05) is 56.4 Å². The number of nitrogens with one attached hydrogen (secondary N) is 1. The summed E-state index contributed by atoms with van der Waals surface area (Å²) in [4.78, 5) is 17.2. The Kier molecular flexibility index (Phi) is 7.12. The van der Waals surface area contributed by atoms with Gasteiger partial charge in [-0.1, -0.05) is 36.4 Å². The number of benzene rings is 2. The predicted molar refractivity (Wildman–Crippen MR) is 114 cm³/mol. The molecule has 0 spiro atoms. The Labute approximate surface area is 173 Å². The van der Waals surface area contributed by atoms with Crippen molar-refractivity contribution < 1.29 is 14.3 Å². The molecule has 0 aromatic heterocycles. The van der Waals surface area contributed by atoms with Gasteiger partial charge < -0.3 is 19.7 Å². The van der Waals surface area contributed by atoms with Crippen molar-refractivity contribution in [2.24, 2.45) is 0 Å². The monoisotopic (exact) mass is 397 g/mol. The maximum atomic E-state index is 13.1. The summed E-state index contributed by atoms with van der Waals surface area (Å²) in [6.45, 7) is 4.86. The highest BCUT2D eigenvalue weighted by molar-refractivity contribution is 5.78. The van der Waals surface area contributed by atoms with Crippen LogP contribution in [0.5, 0.6) is 11.5 Å². The Balaban J connectivity index is 1.75. The van der Waals surface area contributed by atoms with Crippen molar-refractivity contribution in [3.63, 3.8) is 0 Å². The Bertz CT molecular complexity index is 827. The van der Waals surface area contributed by atoms with E-state index in [0.29, 0.717) is 6.54 Å². The van der Waals surface area contributed by atoms with Gasteiger partial charge in [-0.05, 0) is 19.1 Å². The Morgan fingerprint density at radius 2 is 1.79 bits per heavy atom. The average Bonchev–Trinajstić information content (AvgIpc) is 2.78. The van der Waals surface area contributed by atoms with Gasteiger partial charge in [0.2, 0.25) is 5.91 Å². The Hall–Kier alpha value is -2.57. The van der Waals surface area contributed by atoms with E-state index in [4.69, 9.17) is 9.47 Å². The van der Waals surface area contributed by atoms with Crippen LogP contribution in [0.1, 0.15) is 30.1 Å². The van der Waals surface area contributed by atoms with Gasteiger partial charge in [-0.2, -0.15) is 0 Å². The smallest absolute Gasteiger partial charge is 0.237 e. The minimum Gasteiger partial charge on any atom is -0.496 e. The molecule has 1 aliphatic rings. The van der Waals surface area contributed by atoms with Crippen LogP contribution >= 0.6 is 0 Å². The lowest BCUT2D eigenvalue weighted by Crippen LogP contribution is -2.50. The third-order valence-electron chi connectivity index (χ3n) is 5.75. The second-order valence-electron chi connectivity index (χ2n) is 7.35. The van der Waals surface area contributed by atoms with Gasteiger partial charge in [-0.3, -0.25) is 9.69 Å². The van der Waals surface area contributed by atoms with Crippen molar-refractivity contribution in [3.05, 3.63) is 59.7 Å². The number of hydrogen-bond donors (Lipinski definition) is 1. The maximum absolute atomic E-state index is 13.1. The van der Waals surface area contributed by atoms with Gasteiger partial charge in [-0.25, -0.2) is 0 Å². The van der Waals surface area contributed by atoms with Crippen molar-refractivity contribution in [2.45, 2.75) is 19.0 Å². The van der Waals surface area contributed by atoms with Gasteiger partial charge in [0.1, 0.15) is 11.5 Å². The fourth-order valence-electron chi connectivity index (χ4n) is 3.91. The van der Waals surface area contributed by atoms with Crippen LogP contribution < -0.4 is 14.8 Å². The van der Waals surface area contributed by atoms with E-state index >= 15 is 0 Å². The summed E-state index contributed by atoms with van der Waals surface area (Å²) in [5.41, 5.74) is 2.11. The number of hydrogen-bond acceptors (Lipinski definition) is 5. The summed E-state index contributed by atoms with van der Waals surface area (Å²) in [6.07, 6.45) is 0. The van der Waals surface area contributed by atoms with E-state index in [9.17, 15) is 4.79 Å². The normalized spacial score (nSPS) is 18.1. The molecule has 156 valence electrons. The first-order valence-corrected chi connectivity index (χ1v) is 10.0. The van der Waals surface area contributed by atoms with Gasteiger partial charge in [0, 0.05) is 37.8 Å². The van der Waals surface area contributed by atoms with Crippen LogP contribution in [-0.2, 0) is 4.79 Å². The van der Waals surface area contributed by atoms with Gasteiger partial charge in [-0.15, -0.1) is 0 Å². The van der Waals surface area contributed by atoms with Crippen LogP contribution in [0.3, 0.4) is 0 Å². The fraction of sp³-hybridized carbons (Fsp3) is 0.435. The summed E-state index contributed by atoms with van der Waals surface area (Å²) in [5.74, 6) is 1.74. The van der Waals surface area contributed by atoms with Crippen molar-refractivity contribution >= 4 is 5.91 Å². The van der Waals surface area contributed by atoms with Crippen LogP contribution in [0.15, 0.2) is 48.5 Å². The molecule has 1 amide bonds. The predicted octanol–water partition coefficient (Wildman–Crippen LogP) is 2.87. The molecule has 2 aromatic rings. The quantitative estimate of drug-likeness (QED) is 0.779. The van der Waals surface area contributed by atoms with E-state index in [2.05, 4.69) is 16.3 Å². The summed E-state index contributed by atoms with van der Waals surface area (Å²) in [5, 5.41) is 3.44. The largest absolute Gasteiger partial charge is 0.496 e. The average molecular weight is 398 g/mol. The van der Waals surface area contributed by atoms with E-state index in [-0.39, 0.29) is 18.0 Å². The number of likely N-dealkylation sites (N-methyl/N-ethyl adjacent to an activating group) is 1. The third-order valence-corrected chi connectivity index (χ3v) is 5.75. The molecule has 0 radical (unpaired) electrons. The van der Waals surface area contributed by atoms with E-state index in [0.717, 1.165) is 42.3 Å². The molecule has 2 unspecified atom stereocenters. The zero-order valence-electron chi connectivity index (χ0n) is 17.7. The molecule has 6 nitrogen and oxygen atoms in total. The minimum absolute atomic E-state index is 0.0775. The number of piperazine rings is 1. The molecule has 1 heterocycles. The van der Waals surface area contributed by atoms with E-state index < -0.39 is 0 Å². The van der Waals surface area contributed by atoms with Gasteiger partial charge in [0.15, 0.2) is 0 Å². The van der Waals surface area contributed by atoms with Crippen molar-refractivity contribution in [3.8, 4) is 11.5 Å². The molecular formula is C23H31N3O3. The Morgan fingerprint density at radius 1 is 1.14 bits per heavy atom. The van der Waals surface area contributed by atoms with E-state index in [1.165, 1.54) is 0 Å². The van der Waals surface area contributed by atoms with Crippen LogP contribution in [-0.4, -0.2) is 63.2 Å². The lowest BCUT2D eigenvalue weighted by Gasteiger charge is -2.38. The van der Waals surface area contributed by atoms with Crippen LogP contribution in [0.4, 0.5) is 0 Å². The molecule has 1 N–H and O–H groups in total. The molecule has 6 heteroatoms. The number of ether oxygens (including phenoxy) is 2. The molecule has 1 fully saturated rings. The number of carbonyl (C=O) groups excluding carboxylic acids is 1. The van der Waals surface area contributed by atoms with Crippen molar-refractivity contribution in [1.29, 1.82) is 0 Å². The zero-order chi connectivity index (χ0) is 20.8. The Morgan fingerprint density at radius 3 is 2.52 bits per heavy atom. The SMILES string of the molecule is COc1ccccc1C1CNCCN1CC(=O)N(C)C(C)c1ccccc1OC. The lowest BCUT2D eigenvalue weighted by molar-refractivity contribution is -0.133. The zero-order valence-corrected chi connectivity index (χ0v) is 17.7. The van der Waals surface area contributed by atoms with Gasteiger partial charge >= 0.3 is 0 Å². The highest BCUT2D eigenvalue weighted by Crippen LogP contribution is 2.31. The molecule has 1 saturated heterocycles. The second kappa shape index (κ2) is 9.76. The van der Waals surface area contributed by atoms with Crippen molar-refractivity contribution in [2.75, 3.05) is 47.4 Å². The number of amides is 1. The fourth-order valence-corrected chi connectivity index (χ4v) is 3.91. The number of carbonyl (C=O) groups is 1. The number of para-hydroxylation sites is 2. The van der Waals surface area contributed by atoms with Crippen LogP contribution in [0.2, 0.25) is 0 Å². The molecule has 1 aliphatic heterocycles. The van der Waals surface area contributed by atoms with E-state index in [1.54, 1.807) is 19.1 Å². The molecule has 0 bridgehead atoms. The first-order valence-electron chi connectivity index (χ1n) is 10.0. The van der Waals surface area contributed by atoms with Crippen LogP contribution in [0.25, 0.3) is 0 Å². The summed E-state index contributed by atoms with van der Waals surface area (Å²) in [6, 6.07) is 15.9. The first kappa shape index (κ1) is 21.1. The summed E-state index contributed by atoms with van der Waals surface area (Å²) >= 11 is 0. The van der Waals surface area contributed by atoms with Crippen molar-refractivity contribution in [1.82, 2.24) is 15.1 Å². The standard InChI is InChI=1S/C23H31N3O3/c1-17(18-9-5-7-11-21(18)28-3)25(2)23(27)16-26-14-13-24-15-20(26)19-10-6-8-12-22(19)29-4/h5-12,17,20,24H,13-16H2,1-4H3. The topological polar surface area (TPSA) is 54.0 Å². The number of rotatable bonds is 7. The van der Waals surface area contributed by atoms with Gasteiger partial charge in [0.05, 0.1) is 32.8 Å². The highest BCUT2D eigenvalue weighted by atomic mass is 16.5. The lowest BCUT2D eigenvalue weighted by atomic mass is 10.0. The maximum Gasteiger partial charge on any atom is 0.237 e. The molecule has 3 rings (SSSR count). The molecule has 0 saturated carbocycles. The molecule has 2 aromatic carbocycles. The molecule has 2 atom stereocenters. The number of nitrogens with zero attached hydrogens (tertiary/aromatic N) is 2.